The van der Waals surface area contributed by atoms with Crippen molar-refractivity contribution in [2.45, 2.75) is 31.4 Å². The van der Waals surface area contributed by atoms with Crippen LogP contribution in [0.15, 0.2) is 44.4 Å². The number of nitrogens with one attached hydrogen (secondary N) is 1. The second kappa shape index (κ2) is 7.28. The lowest BCUT2D eigenvalue weighted by Crippen LogP contribution is -2.40. The number of nitrogens with zero attached hydrogens (tertiary/aromatic N) is 2. The maximum atomic E-state index is 12.4. The summed E-state index contributed by atoms with van der Waals surface area (Å²) in [7, 11) is -0.734. The number of hydrogen-bond acceptors (Lipinski definition) is 8. The van der Waals surface area contributed by atoms with Gasteiger partial charge in [0.25, 0.3) is 15.9 Å². The molecule has 0 fully saturated rings. The average molecular weight is 407 g/mol. The van der Waals surface area contributed by atoms with Gasteiger partial charge in [-0.3, -0.25) is 0 Å². The molecule has 10 heteroatoms. The van der Waals surface area contributed by atoms with Gasteiger partial charge in [-0.1, -0.05) is 5.16 Å². The predicted octanol–water partition coefficient (Wildman–Crippen LogP) is 3.09. The molecular weight excluding hydrogens is 386 g/mol. The fraction of sp³-hybridized carbons (Fsp3) is 0.333. The monoisotopic (exact) mass is 407 g/mol. The molecule has 3 rings (SSSR count). The first-order valence-corrected chi connectivity index (χ1v) is 9.81. The summed E-state index contributed by atoms with van der Waals surface area (Å²) in [6, 6.07) is 7.98. The number of methoxy groups -OCH3 is 2. The molecule has 0 aliphatic rings. The summed E-state index contributed by atoms with van der Waals surface area (Å²) in [5.41, 5.74) is -0.00177. The lowest BCUT2D eigenvalue weighted by Gasteiger charge is -2.18. The molecule has 150 valence electrons. The second-order valence-electron chi connectivity index (χ2n) is 6.97. The quantitative estimate of drug-likeness (QED) is 0.662. The van der Waals surface area contributed by atoms with Gasteiger partial charge in [0, 0.05) is 11.1 Å². The molecule has 0 atom stereocenters. The van der Waals surface area contributed by atoms with E-state index in [2.05, 4.69) is 14.9 Å². The van der Waals surface area contributed by atoms with Gasteiger partial charge >= 0.3 is 0 Å². The van der Waals surface area contributed by atoms with E-state index in [1.54, 1.807) is 46.1 Å². The molecule has 0 aliphatic carbocycles. The van der Waals surface area contributed by atoms with Crippen LogP contribution in [-0.4, -0.2) is 38.3 Å². The van der Waals surface area contributed by atoms with Crippen molar-refractivity contribution in [1.29, 1.82) is 0 Å². The molecule has 1 aromatic carbocycles. The number of ether oxygens (including phenoxy) is 2. The molecule has 0 amide bonds. The first-order chi connectivity index (χ1) is 13.1. The minimum absolute atomic E-state index is 0.0574. The van der Waals surface area contributed by atoms with E-state index in [0.717, 1.165) is 0 Å². The zero-order valence-electron chi connectivity index (χ0n) is 16.1. The fourth-order valence-corrected chi connectivity index (χ4v) is 3.80. The van der Waals surface area contributed by atoms with Crippen LogP contribution >= 0.6 is 0 Å². The van der Waals surface area contributed by atoms with Crippen LogP contribution in [-0.2, 0) is 10.0 Å². The maximum Gasteiger partial charge on any atom is 0.293 e. The molecule has 0 radical (unpaired) electrons. The zero-order chi connectivity index (χ0) is 20.5. The van der Waals surface area contributed by atoms with E-state index < -0.39 is 15.6 Å². The third-order valence-corrected chi connectivity index (χ3v) is 5.20. The third-order valence-electron chi connectivity index (χ3n) is 3.57. The van der Waals surface area contributed by atoms with Crippen molar-refractivity contribution in [3.05, 3.63) is 30.3 Å². The summed E-state index contributed by atoms with van der Waals surface area (Å²) < 4.78 is 48.3. The van der Waals surface area contributed by atoms with Gasteiger partial charge in [0.1, 0.15) is 0 Å². The molecule has 0 unspecified atom stereocenters. The van der Waals surface area contributed by atoms with Crippen molar-refractivity contribution in [3.63, 3.8) is 0 Å². The first-order valence-electron chi connectivity index (χ1n) is 8.33. The van der Waals surface area contributed by atoms with Crippen LogP contribution in [0.25, 0.3) is 23.0 Å². The molecule has 0 spiro atoms. The van der Waals surface area contributed by atoms with Gasteiger partial charge in [0.2, 0.25) is 10.9 Å². The highest BCUT2D eigenvalue weighted by Crippen LogP contribution is 2.32. The van der Waals surface area contributed by atoms with Gasteiger partial charge in [-0.05, 0) is 51.1 Å². The van der Waals surface area contributed by atoms with E-state index in [1.165, 1.54) is 19.2 Å². The summed E-state index contributed by atoms with van der Waals surface area (Å²) in [4.78, 5) is 4.27. The second-order valence-corrected chi connectivity index (χ2v) is 8.58. The summed E-state index contributed by atoms with van der Waals surface area (Å²) >= 11 is 0. The SMILES string of the molecule is COc1ccc(-c2noc(-c3ccc(S(=O)(=O)NC(C)(C)C)o3)n2)cc1OC. The van der Waals surface area contributed by atoms with E-state index in [1.807, 2.05) is 0 Å². The van der Waals surface area contributed by atoms with Crippen LogP contribution in [0.3, 0.4) is 0 Å². The smallest absolute Gasteiger partial charge is 0.293 e. The predicted molar refractivity (Wildman–Crippen MR) is 101 cm³/mol. The Balaban J connectivity index is 1.89. The van der Waals surface area contributed by atoms with Crippen LogP contribution in [0, 0.1) is 0 Å². The highest BCUT2D eigenvalue weighted by molar-refractivity contribution is 7.89. The third kappa shape index (κ3) is 4.18. The van der Waals surface area contributed by atoms with Crippen molar-refractivity contribution >= 4 is 10.0 Å². The van der Waals surface area contributed by atoms with Gasteiger partial charge in [0.05, 0.1) is 14.2 Å². The minimum Gasteiger partial charge on any atom is -0.493 e. The molecule has 1 N–H and O–H groups in total. The van der Waals surface area contributed by atoms with Crippen molar-refractivity contribution in [1.82, 2.24) is 14.9 Å². The molecule has 2 aromatic heterocycles. The molecule has 3 aromatic rings. The normalized spacial score (nSPS) is 12.2. The Bertz CT molecular complexity index is 1080. The van der Waals surface area contributed by atoms with Crippen molar-refractivity contribution in [3.8, 4) is 34.5 Å². The number of hydrogen-bond donors (Lipinski definition) is 1. The molecule has 9 nitrogen and oxygen atoms in total. The van der Waals surface area contributed by atoms with E-state index >= 15 is 0 Å². The van der Waals surface area contributed by atoms with E-state index in [4.69, 9.17) is 18.4 Å². The lowest BCUT2D eigenvalue weighted by molar-refractivity contribution is 0.355. The van der Waals surface area contributed by atoms with Crippen LogP contribution < -0.4 is 14.2 Å². The van der Waals surface area contributed by atoms with Gasteiger partial charge in [-0.15, -0.1) is 0 Å². The van der Waals surface area contributed by atoms with Crippen molar-refractivity contribution < 1.29 is 26.8 Å². The first kappa shape index (κ1) is 19.9. The van der Waals surface area contributed by atoms with Gasteiger partial charge < -0.3 is 18.4 Å². The Hall–Kier alpha value is -2.85. The number of furan rings is 1. The molecule has 2 heterocycles. The Morgan fingerprint density at radius 1 is 1.04 bits per heavy atom. The fourth-order valence-electron chi connectivity index (χ4n) is 2.45. The van der Waals surface area contributed by atoms with Crippen LogP contribution in [0.5, 0.6) is 11.5 Å². The van der Waals surface area contributed by atoms with Crippen molar-refractivity contribution in [2.24, 2.45) is 0 Å². The number of rotatable bonds is 6. The molecule has 28 heavy (non-hydrogen) atoms. The topological polar surface area (TPSA) is 117 Å². The largest absolute Gasteiger partial charge is 0.493 e. The molecule has 0 saturated carbocycles. The zero-order valence-corrected chi connectivity index (χ0v) is 17.0. The summed E-state index contributed by atoms with van der Waals surface area (Å²) in [5.74, 6) is 1.59. The van der Waals surface area contributed by atoms with E-state index in [0.29, 0.717) is 22.9 Å². The van der Waals surface area contributed by atoms with Gasteiger partial charge in [-0.2, -0.15) is 4.98 Å². The van der Waals surface area contributed by atoms with Crippen molar-refractivity contribution in [2.75, 3.05) is 14.2 Å². The molecule has 0 bridgehead atoms. The molecular formula is C18H21N3O6S. The van der Waals surface area contributed by atoms with Gasteiger partial charge in [0.15, 0.2) is 17.3 Å². The Morgan fingerprint density at radius 2 is 1.75 bits per heavy atom. The Kier molecular flexibility index (Phi) is 5.18. The van der Waals surface area contributed by atoms with E-state index in [9.17, 15) is 8.42 Å². The Labute approximate surface area is 162 Å². The molecule has 0 aliphatic heterocycles. The highest BCUT2D eigenvalue weighted by Gasteiger charge is 2.26. The maximum absolute atomic E-state index is 12.4. The standard InChI is InChI=1S/C18H21N3O6S/c1-18(2,3)21-28(22,23)15-9-8-13(26-15)17-19-16(20-27-17)11-6-7-12(24-4)14(10-11)25-5/h6-10,21H,1-5H3. The van der Waals surface area contributed by atoms with Crippen LogP contribution in [0.1, 0.15) is 20.8 Å². The van der Waals surface area contributed by atoms with Crippen LogP contribution in [0.4, 0.5) is 0 Å². The lowest BCUT2D eigenvalue weighted by atomic mass is 10.1. The summed E-state index contributed by atoms with van der Waals surface area (Å²) in [6.45, 7) is 5.21. The highest BCUT2D eigenvalue weighted by atomic mass is 32.2. The molecule has 0 saturated heterocycles. The summed E-state index contributed by atoms with van der Waals surface area (Å²) in [6.07, 6.45) is 0. The number of benzene rings is 1. The number of sulfonamides is 1. The van der Waals surface area contributed by atoms with Crippen LogP contribution in [0.2, 0.25) is 0 Å². The minimum atomic E-state index is -3.80. The van der Waals surface area contributed by atoms with E-state index in [-0.39, 0.29) is 16.7 Å². The Morgan fingerprint density at radius 3 is 2.39 bits per heavy atom. The average Bonchev–Trinajstić information content (AvgIpc) is 3.28. The summed E-state index contributed by atoms with van der Waals surface area (Å²) in [5, 5.41) is 3.68. The van der Waals surface area contributed by atoms with Gasteiger partial charge in [-0.25, -0.2) is 13.1 Å². The number of aromatic nitrogens is 2.